The van der Waals surface area contributed by atoms with E-state index in [0.29, 0.717) is 6.54 Å². The summed E-state index contributed by atoms with van der Waals surface area (Å²) in [5.41, 5.74) is 4.09. The fourth-order valence-corrected chi connectivity index (χ4v) is 4.22. The van der Waals surface area contributed by atoms with Gasteiger partial charge in [0.25, 0.3) is 10.0 Å². The molecule has 4 nitrogen and oxygen atoms in total. The van der Waals surface area contributed by atoms with Crippen LogP contribution in [0.1, 0.15) is 23.1 Å². The minimum atomic E-state index is -3.53. The number of hydrogen-bond acceptors (Lipinski definition) is 3. The van der Waals surface area contributed by atoms with Crippen molar-refractivity contribution >= 4 is 15.7 Å². The lowest BCUT2D eigenvalue weighted by Gasteiger charge is -2.32. The van der Waals surface area contributed by atoms with Crippen molar-refractivity contribution in [2.45, 2.75) is 31.6 Å². The third kappa shape index (κ3) is 1.93. The van der Waals surface area contributed by atoms with E-state index < -0.39 is 10.0 Å². The number of aryl methyl sites for hydroxylation is 2. The molecule has 0 fully saturated rings. The SMILES string of the molecule is Cc1ccc2c(c1C)N(S(=O)(=O)c1ccoc1)CCC2. The van der Waals surface area contributed by atoms with Crippen LogP contribution < -0.4 is 4.31 Å². The summed E-state index contributed by atoms with van der Waals surface area (Å²) in [6, 6.07) is 5.59. The Hall–Kier alpha value is -1.75. The number of benzene rings is 1. The van der Waals surface area contributed by atoms with Gasteiger partial charge in [-0.2, -0.15) is 0 Å². The molecule has 0 atom stereocenters. The summed E-state index contributed by atoms with van der Waals surface area (Å²) in [5.74, 6) is 0. The number of fused-ring (bicyclic) bond motifs is 1. The normalized spacial score (nSPS) is 15.2. The van der Waals surface area contributed by atoms with E-state index in [1.54, 1.807) is 0 Å². The Bertz CT molecular complexity index is 733. The van der Waals surface area contributed by atoms with Crippen LogP contribution in [0.4, 0.5) is 5.69 Å². The number of furan rings is 1. The van der Waals surface area contributed by atoms with Crippen molar-refractivity contribution in [3.63, 3.8) is 0 Å². The van der Waals surface area contributed by atoms with Gasteiger partial charge in [0, 0.05) is 6.54 Å². The van der Waals surface area contributed by atoms with Crippen LogP contribution in [0.25, 0.3) is 0 Å². The lowest BCUT2D eigenvalue weighted by atomic mass is 9.97. The topological polar surface area (TPSA) is 50.5 Å². The summed E-state index contributed by atoms with van der Waals surface area (Å²) in [4.78, 5) is 0.214. The largest absolute Gasteiger partial charge is 0.471 e. The summed E-state index contributed by atoms with van der Waals surface area (Å²) in [6.07, 6.45) is 4.44. The molecule has 2 heterocycles. The first kappa shape index (κ1) is 13.2. The quantitative estimate of drug-likeness (QED) is 0.854. The van der Waals surface area contributed by atoms with E-state index in [1.807, 2.05) is 19.9 Å². The predicted octanol–water partition coefficient (Wildman–Crippen LogP) is 3.04. The van der Waals surface area contributed by atoms with Crippen molar-refractivity contribution in [2.75, 3.05) is 10.8 Å². The van der Waals surface area contributed by atoms with Crippen LogP contribution in [0.3, 0.4) is 0 Å². The second kappa shape index (κ2) is 4.66. The average Bonchev–Trinajstić information content (AvgIpc) is 2.97. The van der Waals surface area contributed by atoms with Gasteiger partial charge in [-0.05, 0) is 49.4 Å². The van der Waals surface area contributed by atoms with Gasteiger partial charge in [0.05, 0.1) is 12.0 Å². The van der Waals surface area contributed by atoms with Gasteiger partial charge in [-0.3, -0.25) is 4.31 Å². The van der Waals surface area contributed by atoms with Crippen LogP contribution in [0.5, 0.6) is 0 Å². The van der Waals surface area contributed by atoms with E-state index in [4.69, 9.17) is 4.42 Å². The van der Waals surface area contributed by atoms with Crippen LogP contribution >= 0.6 is 0 Å². The van der Waals surface area contributed by atoms with Gasteiger partial charge in [-0.15, -0.1) is 0 Å². The fourth-order valence-electron chi connectivity index (χ4n) is 2.70. The molecule has 0 aliphatic carbocycles. The van der Waals surface area contributed by atoms with Gasteiger partial charge in [0.1, 0.15) is 11.2 Å². The Balaban J connectivity index is 2.18. The molecule has 1 aliphatic heterocycles. The first-order valence-electron chi connectivity index (χ1n) is 6.66. The number of anilines is 1. The average molecular weight is 291 g/mol. The molecule has 0 bridgehead atoms. The van der Waals surface area contributed by atoms with E-state index in [0.717, 1.165) is 35.2 Å². The maximum absolute atomic E-state index is 12.7. The van der Waals surface area contributed by atoms with Crippen molar-refractivity contribution in [1.29, 1.82) is 0 Å². The minimum Gasteiger partial charge on any atom is -0.471 e. The molecular weight excluding hydrogens is 274 g/mol. The number of rotatable bonds is 2. The zero-order chi connectivity index (χ0) is 14.3. The van der Waals surface area contributed by atoms with Crippen LogP contribution in [0.15, 0.2) is 40.0 Å². The number of nitrogens with zero attached hydrogens (tertiary/aromatic N) is 1. The molecule has 1 aromatic heterocycles. The molecule has 1 aromatic carbocycles. The van der Waals surface area contributed by atoms with Crippen LogP contribution in [0, 0.1) is 13.8 Å². The Morgan fingerprint density at radius 3 is 2.70 bits per heavy atom. The predicted molar refractivity (Wildman–Crippen MR) is 77.5 cm³/mol. The van der Waals surface area contributed by atoms with E-state index in [9.17, 15) is 8.42 Å². The number of sulfonamides is 1. The Morgan fingerprint density at radius 1 is 1.20 bits per heavy atom. The fraction of sp³-hybridized carbons (Fsp3) is 0.333. The second-order valence-electron chi connectivity index (χ2n) is 5.15. The summed E-state index contributed by atoms with van der Waals surface area (Å²) in [5, 5.41) is 0. The second-order valence-corrected chi connectivity index (χ2v) is 7.02. The first-order chi connectivity index (χ1) is 9.51. The summed E-state index contributed by atoms with van der Waals surface area (Å²) in [7, 11) is -3.53. The highest BCUT2D eigenvalue weighted by Gasteiger charge is 2.31. The van der Waals surface area contributed by atoms with Gasteiger partial charge >= 0.3 is 0 Å². The lowest BCUT2D eigenvalue weighted by Crippen LogP contribution is -2.36. The third-order valence-corrected chi connectivity index (χ3v) is 5.70. The molecule has 0 saturated carbocycles. The molecule has 0 unspecified atom stereocenters. The summed E-state index contributed by atoms with van der Waals surface area (Å²) < 4.78 is 31.9. The smallest absolute Gasteiger partial charge is 0.267 e. The Morgan fingerprint density at radius 2 is 2.00 bits per heavy atom. The van der Waals surface area contributed by atoms with Gasteiger partial charge in [-0.25, -0.2) is 8.42 Å². The molecule has 106 valence electrons. The zero-order valence-electron chi connectivity index (χ0n) is 11.6. The summed E-state index contributed by atoms with van der Waals surface area (Å²) in [6.45, 7) is 4.51. The van der Waals surface area contributed by atoms with Crippen molar-refractivity contribution in [2.24, 2.45) is 0 Å². The first-order valence-corrected chi connectivity index (χ1v) is 8.10. The van der Waals surface area contributed by atoms with E-state index >= 15 is 0 Å². The molecule has 0 spiro atoms. The standard InChI is InChI=1S/C15H17NO3S/c1-11-5-6-13-4-3-8-16(15(13)12(11)2)20(17,18)14-7-9-19-10-14/h5-7,9-10H,3-4,8H2,1-2H3. The van der Waals surface area contributed by atoms with E-state index in [1.165, 1.54) is 22.9 Å². The molecule has 5 heteroatoms. The molecule has 0 amide bonds. The molecule has 0 saturated heterocycles. The van der Waals surface area contributed by atoms with E-state index in [-0.39, 0.29) is 4.90 Å². The van der Waals surface area contributed by atoms with Gasteiger partial charge in [-0.1, -0.05) is 12.1 Å². The highest BCUT2D eigenvalue weighted by atomic mass is 32.2. The van der Waals surface area contributed by atoms with Crippen LogP contribution in [0.2, 0.25) is 0 Å². The number of hydrogen-bond donors (Lipinski definition) is 0. The molecule has 0 radical (unpaired) electrons. The van der Waals surface area contributed by atoms with Crippen molar-refractivity contribution < 1.29 is 12.8 Å². The Kier molecular flexibility index (Phi) is 3.09. The van der Waals surface area contributed by atoms with Crippen molar-refractivity contribution in [1.82, 2.24) is 0 Å². The van der Waals surface area contributed by atoms with E-state index in [2.05, 4.69) is 6.07 Å². The lowest BCUT2D eigenvalue weighted by molar-refractivity contribution is 0.554. The van der Waals surface area contributed by atoms with Gasteiger partial charge in [0.15, 0.2) is 0 Å². The maximum Gasteiger partial charge on any atom is 0.267 e. The molecular formula is C15H17NO3S. The van der Waals surface area contributed by atoms with Crippen LogP contribution in [-0.4, -0.2) is 15.0 Å². The molecule has 0 N–H and O–H groups in total. The third-order valence-electron chi connectivity index (χ3n) is 3.93. The molecule has 3 rings (SSSR count). The summed E-state index contributed by atoms with van der Waals surface area (Å²) >= 11 is 0. The van der Waals surface area contributed by atoms with Crippen molar-refractivity contribution in [3.8, 4) is 0 Å². The van der Waals surface area contributed by atoms with Gasteiger partial charge < -0.3 is 4.42 Å². The van der Waals surface area contributed by atoms with Crippen molar-refractivity contribution in [3.05, 3.63) is 47.4 Å². The molecule has 2 aromatic rings. The molecule has 20 heavy (non-hydrogen) atoms. The minimum absolute atomic E-state index is 0.214. The zero-order valence-corrected chi connectivity index (χ0v) is 12.4. The monoisotopic (exact) mass is 291 g/mol. The highest BCUT2D eigenvalue weighted by Crippen LogP contribution is 2.36. The maximum atomic E-state index is 12.7. The molecule has 1 aliphatic rings. The Labute approximate surface area is 119 Å². The van der Waals surface area contributed by atoms with Crippen LogP contribution in [-0.2, 0) is 16.4 Å². The van der Waals surface area contributed by atoms with Gasteiger partial charge in [0.2, 0.25) is 0 Å². The highest BCUT2D eigenvalue weighted by molar-refractivity contribution is 7.92.